The van der Waals surface area contributed by atoms with E-state index in [0.29, 0.717) is 12.5 Å². The Kier molecular flexibility index (Phi) is 15.7. The molecule has 1 unspecified atom stereocenters. The molecule has 1 aliphatic rings. The van der Waals surface area contributed by atoms with Crippen molar-refractivity contribution in [1.82, 2.24) is 20.1 Å². The topological polar surface area (TPSA) is 97.8 Å². The maximum Gasteiger partial charge on any atom is 1.00 e. The molecule has 0 aromatic carbocycles. The van der Waals surface area contributed by atoms with Crippen LogP contribution in [-0.2, 0) is 16.1 Å². The van der Waals surface area contributed by atoms with Crippen molar-refractivity contribution in [2.45, 2.75) is 45.7 Å². The first kappa shape index (κ1) is 27.9. The molecule has 0 aliphatic carbocycles. The number of rotatable bonds is 7. The van der Waals surface area contributed by atoms with Gasteiger partial charge < -0.3 is 24.9 Å². The third kappa shape index (κ3) is 11.2. The number of thiazole rings is 1. The monoisotopic (exact) mass is 438 g/mol. The quantitative estimate of drug-likeness (QED) is 0.387. The van der Waals surface area contributed by atoms with Gasteiger partial charge in [0, 0.05) is 50.5 Å². The minimum atomic E-state index is -0.500. The molecule has 1 saturated heterocycles. The molecule has 1 aromatic heterocycles. The summed E-state index contributed by atoms with van der Waals surface area (Å²) in [7, 11) is 1.82. The SMILES string of the molecule is CC(CCN1CCOCC1)NC(=O)N(C)Cc1csc(C(C)C)n1.O=C[O-].[K+]. The number of morpholine rings is 1. The molecule has 10 heteroatoms. The van der Waals surface area contributed by atoms with Gasteiger partial charge in [-0.05, 0) is 13.3 Å². The number of aromatic nitrogens is 1. The second kappa shape index (κ2) is 15.7. The minimum absolute atomic E-state index is 0. The van der Waals surface area contributed by atoms with Gasteiger partial charge in [-0.15, -0.1) is 11.3 Å². The van der Waals surface area contributed by atoms with E-state index in [1.54, 1.807) is 16.2 Å². The van der Waals surface area contributed by atoms with Crippen molar-refractivity contribution in [2.24, 2.45) is 0 Å². The molecule has 1 aliphatic heterocycles. The van der Waals surface area contributed by atoms with E-state index in [0.717, 1.165) is 50.0 Å². The van der Waals surface area contributed by atoms with Gasteiger partial charge in [-0.1, -0.05) is 13.8 Å². The van der Waals surface area contributed by atoms with E-state index in [1.165, 1.54) is 0 Å². The van der Waals surface area contributed by atoms with Crippen molar-refractivity contribution < 1.29 is 70.8 Å². The first-order valence-electron chi connectivity index (χ1n) is 9.19. The molecule has 1 aromatic rings. The summed E-state index contributed by atoms with van der Waals surface area (Å²) in [5.74, 6) is 0.433. The van der Waals surface area contributed by atoms with Gasteiger partial charge in [-0.2, -0.15) is 0 Å². The van der Waals surface area contributed by atoms with Crippen LogP contribution in [-0.4, -0.2) is 73.2 Å². The van der Waals surface area contributed by atoms with Crippen LogP contribution in [0.5, 0.6) is 0 Å². The van der Waals surface area contributed by atoms with Crippen LogP contribution in [0, 0.1) is 0 Å². The average molecular weight is 439 g/mol. The molecule has 0 radical (unpaired) electrons. The second-order valence-electron chi connectivity index (χ2n) is 6.88. The Morgan fingerprint density at radius 1 is 1.43 bits per heavy atom. The third-order valence-corrected chi connectivity index (χ3v) is 5.36. The van der Waals surface area contributed by atoms with E-state index in [1.807, 2.05) is 12.4 Å². The van der Waals surface area contributed by atoms with Gasteiger partial charge in [0.1, 0.15) is 0 Å². The molecule has 1 atom stereocenters. The largest absolute Gasteiger partial charge is 1.00 e. The van der Waals surface area contributed by atoms with Gasteiger partial charge >= 0.3 is 57.4 Å². The third-order valence-electron chi connectivity index (χ3n) is 4.16. The number of carboxylic acid groups (broad SMARTS) is 1. The van der Waals surface area contributed by atoms with Crippen molar-refractivity contribution in [3.8, 4) is 0 Å². The molecule has 8 nitrogen and oxygen atoms in total. The number of carbonyl (C=O) groups excluding carboxylic acids is 2. The van der Waals surface area contributed by atoms with E-state index in [9.17, 15) is 4.79 Å². The second-order valence-corrected chi connectivity index (χ2v) is 7.77. The first-order valence-corrected chi connectivity index (χ1v) is 10.1. The van der Waals surface area contributed by atoms with E-state index in [2.05, 4.69) is 36.0 Å². The van der Waals surface area contributed by atoms with Crippen LogP contribution in [0.25, 0.3) is 0 Å². The minimum Gasteiger partial charge on any atom is -0.554 e. The van der Waals surface area contributed by atoms with Crippen LogP contribution in [0.3, 0.4) is 0 Å². The summed E-state index contributed by atoms with van der Waals surface area (Å²) in [5.41, 5.74) is 0.960. The van der Waals surface area contributed by atoms with Gasteiger partial charge in [0.15, 0.2) is 0 Å². The van der Waals surface area contributed by atoms with Gasteiger partial charge in [0.25, 0.3) is 0 Å². The zero-order valence-electron chi connectivity index (χ0n) is 17.6. The molecule has 2 rings (SSSR count). The number of nitrogens with one attached hydrogen (secondary N) is 1. The normalized spacial score (nSPS) is 15.0. The Balaban J connectivity index is 0.00000171. The molecule has 0 saturated carbocycles. The van der Waals surface area contributed by atoms with Crippen molar-refractivity contribution in [1.29, 1.82) is 0 Å². The number of urea groups is 1. The van der Waals surface area contributed by atoms with E-state index in [4.69, 9.17) is 14.6 Å². The summed E-state index contributed by atoms with van der Waals surface area (Å²) in [5, 5.41) is 14.5. The van der Waals surface area contributed by atoms with Crippen molar-refractivity contribution in [3.05, 3.63) is 16.1 Å². The summed E-state index contributed by atoms with van der Waals surface area (Å²) >= 11 is 1.66. The van der Waals surface area contributed by atoms with Crippen molar-refractivity contribution >= 4 is 23.8 Å². The van der Waals surface area contributed by atoms with E-state index < -0.39 is 6.47 Å². The summed E-state index contributed by atoms with van der Waals surface area (Å²) in [6, 6.07) is 0.119. The molecule has 154 valence electrons. The fourth-order valence-corrected chi connectivity index (χ4v) is 3.40. The van der Waals surface area contributed by atoms with Crippen LogP contribution in [0.4, 0.5) is 4.79 Å². The predicted molar refractivity (Wildman–Crippen MR) is 104 cm³/mol. The van der Waals surface area contributed by atoms with E-state index in [-0.39, 0.29) is 63.5 Å². The van der Waals surface area contributed by atoms with Crippen LogP contribution < -0.4 is 61.8 Å². The zero-order valence-corrected chi connectivity index (χ0v) is 21.6. The molecule has 2 amide bonds. The van der Waals surface area contributed by atoms with Crippen LogP contribution in [0.2, 0.25) is 0 Å². The Labute approximate surface area is 214 Å². The molecule has 1 fully saturated rings. The molecule has 28 heavy (non-hydrogen) atoms. The smallest absolute Gasteiger partial charge is 0.554 e. The van der Waals surface area contributed by atoms with Gasteiger partial charge in [0.2, 0.25) is 0 Å². The zero-order chi connectivity index (χ0) is 20.2. The number of carbonyl (C=O) groups is 2. The number of ether oxygens (including phenoxy) is 1. The summed E-state index contributed by atoms with van der Waals surface area (Å²) < 4.78 is 5.35. The number of nitrogens with zero attached hydrogens (tertiary/aromatic N) is 3. The average Bonchev–Trinajstić information content (AvgIpc) is 3.10. The first-order chi connectivity index (χ1) is 12.9. The van der Waals surface area contributed by atoms with Crippen LogP contribution >= 0.6 is 11.3 Å². The summed E-state index contributed by atoms with van der Waals surface area (Å²) in [6.45, 7) is 11.0. The molecular weight excluding hydrogens is 407 g/mol. The Hall–Kier alpha value is -0.0736. The van der Waals surface area contributed by atoms with Crippen LogP contribution in [0.1, 0.15) is 43.8 Å². The number of amides is 2. The molecule has 1 N–H and O–H groups in total. The van der Waals surface area contributed by atoms with Gasteiger partial charge in [0.05, 0.1) is 30.5 Å². The van der Waals surface area contributed by atoms with Crippen molar-refractivity contribution in [2.75, 3.05) is 39.9 Å². The fraction of sp³-hybridized carbons (Fsp3) is 0.722. The Bertz CT molecular complexity index is 568. The number of hydrogen-bond donors (Lipinski definition) is 1. The fourth-order valence-electron chi connectivity index (χ4n) is 2.57. The maximum atomic E-state index is 12.3. The summed E-state index contributed by atoms with van der Waals surface area (Å²) in [4.78, 5) is 29.2. The molecule has 2 heterocycles. The Morgan fingerprint density at radius 2 is 2.04 bits per heavy atom. The standard InChI is InChI=1S/C17H30N4O2S.CH2O2.K/c1-13(2)16-19-15(12-24-16)11-20(4)17(22)18-14(3)5-6-21-7-9-23-10-8-21;2-1-3;/h12-14H,5-11H2,1-4H3,(H,18,22);1H,(H,2,3);/q;;+1/p-1. The molecule has 0 bridgehead atoms. The summed E-state index contributed by atoms with van der Waals surface area (Å²) in [6.07, 6.45) is 0.952. The number of hydrogen-bond acceptors (Lipinski definition) is 7. The van der Waals surface area contributed by atoms with Crippen molar-refractivity contribution in [3.63, 3.8) is 0 Å². The van der Waals surface area contributed by atoms with Gasteiger partial charge in [-0.3, -0.25) is 4.90 Å². The molecular formula is C18H31KN4O4S. The molecule has 0 spiro atoms. The maximum absolute atomic E-state index is 12.3. The predicted octanol–water partition coefficient (Wildman–Crippen LogP) is -2.11. The van der Waals surface area contributed by atoms with Crippen LogP contribution in [0.15, 0.2) is 5.38 Å². The van der Waals surface area contributed by atoms with Gasteiger partial charge in [-0.25, -0.2) is 9.78 Å². The van der Waals surface area contributed by atoms with E-state index >= 15 is 0 Å². The Morgan fingerprint density at radius 3 is 2.57 bits per heavy atom.